The molecule has 0 atom stereocenters. The van der Waals surface area contributed by atoms with Crippen molar-refractivity contribution in [2.45, 2.75) is 46.2 Å². The number of aromatic nitrogens is 4. The van der Waals surface area contributed by atoms with Crippen molar-refractivity contribution in [1.29, 1.82) is 0 Å². The number of amides is 1. The van der Waals surface area contributed by atoms with Gasteiger partial charge in [0.15, 0.2) is 0 Å². The molecule has 2 aromatic heterocycles. The predicted molar refractivity (Wildman–Crippen MR) is 91.7 cm³/mol. The van der Waals surface area contributed by atoms with Crippen molar-refractivity contribution in [3.63, 3.8) is 0 Å². The number of hydrogen-bond acceptors (Lipinski definition) is 5. The van der Waals surface area contributed by atoms with E-state index in [2.05, 4.69) is 20.6 Å². The average molecular weight is 328 g/mol. The number of nitrogens with zero attached hydrogens (tertiary/aromatic N) is 5. The van der Waals surface area contributed by atoms with Gasteiger partial charge in [0.25, 0.3) is 0 Å². The zero-order valence-electron chi connectivity index (χ0n) is 14.5. The minimum Gasteiger partial charge on any atom is -0.366 e. The van der Waals surface area contributed by atoms with Gasteiger partial charge in [-0.05, 0) is 51.8 Å². The number of anilines is 1. The first kappa shape index (κ1) is 16.4. The third-order valence-corrected chi connectivity index (χ3v) is 4.39. The Labute approximate surface area is 142 Å². The molecule has 24 heavy (non-hydrogen) atoms. The van der Waals surface area contributed by atoms with Crippen LogP contribution in [-0.4, -0.2) is 49.9 Å². The average Bonchev–Trinajstić information content (AvgIpc) is 2.88. The summed E-state index contributed by atoms with van der Waals surface area (Å²) in [6, 6.07) is 6.22. The summed E-state index contributed by atoms with van der Waals surface area (Å²) in [6.07, 6.45) is 1.83. The van der Waals surface area contributed by atoms with E-state index in [-0.39, 0.29) is 5.91 Å². The van der Waals surface area contributed by atoms with Crippen LogP contribution in [-0.2, 0) is 11.3 Å². The van der Waals surface area contributed by atoms with Crippen LogP contribution < -0.4 is 5.32 Å². The van der Waals surface area contributed by atoms with E-state index in [1.165, 1.54) is 0 Å². The summed E-state index contributed by atoms with van der Waals surface area (Å²) in [6.45, 7) is 7.68. The van der Waals surface area contributed by atoms with Crippen LogP contribution in [0.1, 0.15) is 29.9 Å². The standard InChI is InChI=1S/C17H24N6O/c1-12-4-5-16(20-19-12)18-15-6-8-22(9-7-15)17(24)11-23-14(3)10-13(2)21-23/h4-5,10,15H,6-9,11H2,1-3H3,(H,18,20). The Morgan fingerprint density at radius 2 is 1.92 bits per heavy atom. The fourth-order valence-corrected chi connectivity index (χ4v) is 3.02. The lowest BCUT2D eigenvalue weighted by Gasteiger charge is -2.32. The summed E-state index contributed by atoms with van der Waals surface area (Å²) in [5, 5.41) is 16.0. The van der Waals surface area contributed by atoms with Gasteiger partial charge in [-0.2, -0.15) is 10.2 Å². The van der Waals surface area contributed by atoms with E-state index < -0.39 is 0 Å². The topological polar surface area (TPSA) is 75.9 Å². The molecule has 1 amide bonds. The largest absolute Gasteiger partial charge is 0.366 e. The number of hydrogen-bond donors (Lipinski definition) is 1. The highest BCUT2D eigenvalue weighted by atomic mass is 16.2. The van der Waals surface area contributed by atoms with E-state index >= 15 is 0 Å². The lowest BCUT2D eigenvalue weighted by molar-refractivity contribution is -0.133. The van der Waals surface area contributed by atoms with Crippen LogP contribution in [0, 0.1) is 20.8 Å². The molecule has 1 saturated heterocycles. The SMILES string of the molecule is Cc1ccc(NC2CCN(C(=O)Cn3nc(C)cc3C)CC2)nn1. The quantitative estimate of drug-likeness (QED) is 0.924. The second-order valence-corrected chi connectivity index (χ2v) is 6.44. The van der Waals surface area contributed by atoms with E-state index in [0.29, 0.717) is 12.6 Å². The van der Waals surface area contributed by atoms with Crippen LogP contribution in [0.15, 0.2) is 18.2 Å². The molecular weight excluding hydrogens is 304 g/mol. The normalized spacial score (nSPS) is 15.5. The molecule has 1 N–H and O–H groups in total. The predicted octanol–water partition coefficient (Wildman–Crippen LogP) is 1.70. The first-order valence-corrected chi connectivity index (χ1v) is 8.37. The fourth-order valence-electron chi connectivity index (χ4n) is 3.02. The molecule has 0 saturated carbocycles. The van der Waals surface area contributed by atoms with Crippen LogP contribution in [0.3, 0.4) is 0 Å². The summed E-state index contributed by atoms with van der Waals surface area (Å²) >= 11 is 0. The summed E-state index contributed by atoms with van der Waals surface area (Å²) in [7, 11) is 0. The Hall–Kier alpha value is -2.44. The fraction of sp³-hybridized carbons (Fsp3) is 0.529. The zero-order valence-corrected chi connectivity index (χ0v) is 14.5. The highest BCUT2D eigenvalue weighted by molar-refractivity contribution is 5.76. The molecule has 3 rings (SSSR count). The highest BCUT2D eigenvalue weighted by Gasteiger charge is 2.23. The minimum absolute atomic E-state index is 0.134. The third kappa shape index (κ3) is 3.90. The molecule has 1 aliphatic rings. The Morgan fingerprint density at radius 3 is 2.50 bits per heavy atom. The van der Waals surface area contributed by atoms with Crippen molar-refractivity contribution in [2.75, 3.05) is 18.4 Å². The Kier molecular flexibility index (Phi) is 4.78. The zero-order chi connectivity index (χ0) is 17.1. The van der Waals surface area contributed by atoms with Crippen molar-refractivity contribution in [2.24, 2.45) is 0 Å². The van der Waals surface area contributed by atoms with Gasteiger partial charge in [0.1, 0.15) is 12.4 Å². The van der Waals surface area contributed by atoms with Gasteiger partial charge in [0.2, 0.25) is 5.91 Å². The molecule has 3 heterocycles. The summed E-state index contributed by atoms with van der Waals surface area (Å²) in [5.74, 6) is 0.933. The smallest absolute Gasteiger partial charge is 0.244 e. The van der Waals surface area contributed by atoms with Crippen molar-refractivity contribution in [1.82, 2.24) is 24.9 Å². The van der Waals surface area contributed by atoms with Gasteiger partial charge in [-0.25, -0.2) is 0 Å². The van der Waals surface area contributed by atoms with E-state index in [4.69, 9.17) is 0 Å². The van der Waals surface area contributed by atoms with E-state index in [0.717, 1.165) is 48.8 Å². The maximum Gasteiger partial charge on any atom is 0.244 e. The second-order valence-electron chi connectivity index (χ2n) is 6.44. The molecule has 1 aliphatic heterocycles. The Morgan fingerprint density at radius 1 is 1.17 bits per heavy atom. The Bertz CT molecular complexity index is 700. The van der Waals surface area contributed by atoms with Crippen LogP contribution in [0.25, 0.3) is 0 Å². The first-order chi connectivity index (χ1) is 11.5. The third-order valence-electron chi connectivity index (χ3n) is 4.39. The van der Waals surface area contributed by atoms with Gasteiger partial charge in [-0.3, -0.25) is 9.48 Å². The van der Waals surface area contributed by atoms with Crippen molar-refractivity contribution >= 4 is 11.7 Å². The van der Waals surface area contributed by atoms with Gasteiger partial charge in [-0.1, -0.05) is 0 Å². The molecule has 0 spiro atoms. The monoisotopic (exact) mass is 328 g/mol. The number of carbonyl (C=O) groups is 1. The lowest BCUT2D eigenvalue weighted by Crippen LogP contribution is -2.43. The number of piperidine rings is 1. The number of rotatable bonds is 4. The molecule has 1 fully saturated rings. The van der Waals surface area contributed by atoms with Gasteiger partial charge in [0.05, 0.1) is 11.4 Å². The van der Waals surface area contributed by atoms with Crippen molar-refractivity contribution in [3.8, 4) is 0 Å². The molecule has 0 radical (unpaired) electrons. The van der Waals surface area contributed by atoms with Crippen LogP contribution >= 0.6 is 0 Å². The van der Waals surface area contributed by atoms with E-state index in [1.54, 1.807) is 4.68 Å². The summed E-state index contributed by atoms with van der Waals surface area (Å²) in [4.78, 5) is 14.4. The molecule has 0 aromatic carbocycles. The maximum absolute atomic E-state index is 12.5. The van der Waals surface area contributed by atoms with E-state index in [1.807, 2.05) is 43.9 Å². The van der Waals surface area contributed by atoms with Gasteiger partial charge >= 0.3 is 0 Å². The number of nitrogens with one attached hydrogen (secondary N) is 1. The summed E-state index contributed by atoms with van der Waals surface area (Å²) in [5.41, 5.74) is 2.88. The molecule has 0 unspecified atom stereocenters. The highest BCUT2D eigenvalue weighted by Crippen LogP contribution is 2.15. The minimum atomic E-state index is 0.134. The molecule has 2 aromatic rings. The van der Waals surface area contributed by atoms with Crippen LogP contribution in [0.5, 0.6) is 0 Å². The Balaban J connectivity index is 1.50. The van der Waals surface area contributed by atoms with Crippen molar-refractivity contribution in [3.05, 3.63) is 35.3 Å². The van der Waals surface area contributed by atoms with Crippen LogP contribution in [0.4, 0.5) is 5.82 Å². The van der Waals surface area contributed by atoms with Crippen molar-refractivity contribution < 1.29 is 4.79 Å². The number of aryl methyl sites for hydroxylation is 3. The maximum atomic E-state index is 12.5. The van der Waals surface area contributed by atoms with E-state index in [9.17, 15) is 4.79 Å². The van der Waals surface area contributed by atoms with Gasteiger partial charge < -0.3 is 10.2 Å². The molecule has 7 nitrogen and oxygen atoms in total. The molecule has 0 bridgehead atoms. The number of likely N-dealkylation sites (tertiary alicyclic amines) is 1. The molecule has 0 aliphatic carbocycles. The molecular formula is C17H24N6O. The van der Waals surface area contributed by atoms with Crippen LogP contribution in [0.2, 0.25) is 0 Å². The number of carbonyl (C=O) groups excluding carboxylic acids is 1. The first-order valence-electron chi connectivity index (χ1n) is 8.37. The lowest BCUT2D eigenvalue weighted by atomic mass is 10.0. The van der Waals surface area contributed by atoms with Gasteiger partial charge in [-0.15, -0.1) is 5.10 Å². The summed E-state index contributed by atoms with van der Waals surface area (Å²) < 4.78 is 1.78. The van der Waals surface area contributed by atoms with Gasteiger partial charge in [0, 0.05) is 24.8 Å². The molecule has 128 valence electrons. The molecule has 7 heteroatoms. The second kappa shape index (κ2) is 6.98.